The molecular weight excluding hydrogens is 278 g/mol. The summed E-state index contributed by atoms with van der Waals surface area (Å²) in [6.07, 6.45) is 1.27. The Morgan fingerprint density at radius 2 is 2.00 bits per heavy atom. The van der Waals surface area contributed by atoms with Crippen LogP contribution in [0.4, 0.5) is 4.79 Å². The van der Waals surface area contributed by atoms with Crippen molar-refractivity contribution in [3.8, 4) is 0 Å². The van der Waals surface area contributed by atoms with Gasteiger partial charge in [0.15, 0.2) is 5.69 Å². The third kappa shape index (κ3) is 4.55. The van der Waals surface area contributed by atoms with Crippen LogP contribution in [0.15, 0.2) is 0 Å². The molecule has 0 saturated carbocycles. The second-order valence-electron chi connectivity index (χ2n) is 4.19. The third-order valence-electron chi connectivity index (χ3n) is 2.59. The van der Waals surface area contributed by atoms with Gasteiger partial charge >= 0.3 is 12.0 Å². The van der Waals surface area contributed by atoms with Gasteiger partial charge in [-0.2, -0.15) is 0 Å². The number of ether oxygens (including phenoxy) is 1. The first-order valence-corrected chi connectivity index (χ1v) is 6.61. The van der Waals surface area contributed by atoms with Gasteiger partial charge in [0.25, 0.3) is 0 Å². The number of imide groups is 1. The van der Waals surface area contributed by atoms with Crippen LogP contribution in [0.1, 0.15) is 36.5 Å². The Morgan fingerprint density at radius 3 is 2.57 bits per heavy atom. The molecule has 3 amide bonds. The standard InChI is InChI=1S/C12H19N5O4/c1-4-6-8-10(11(19)21-3)15-16-17(8)7-9(18)14-12(20)13-5-2/h4-7H2,1-3H3,(H2,13,14,18,20). The molecule has 0 aliphatic carbocycles. The van der Waals surface area contributed by atoms with Crippen LogP contribution in [0.2, 0.25) is 0 Å². The van der Waals surface area contributed by atoms with Crippen molar-refractivity contribution in [2.45, 2.75) is 33.2 Å². The minimum Gasteiger partial charge on any atom is -0.464 e. The average Bonchev–Trinajstić information content (AvgIpc) is 2.81. The van der Waals surface area contributed by atoms with Crippen LogP contribution in [0.5, 0.6) is 0 Å². The van der Waals surface area contributed by atoms with E-state index in [0.717, 1.165) is 6.42 Å². The molecule has 0 bridgehead atoms. The topological polar surface area (TPSA) is 115 Å². The number of nitrogens with zero attached hydrogens (tertiary/aromatic N) is 3. The zero-order chi connectivity index (χ0) is 15.8. The first-order chi connectivity index (χ1) is 10.0. The normalized spacial score (nSPS) is 10.0. The lowest BCUT2D eigenvalue weighted by Crippen LogP contribution is -2.41. The van der Waals surface area contributed by atoms with Gasteiger partial charge in [0, 0.05) is 6.54 Å². The molecule has 0 aliphatic heterocycles. The lowest BCUT2D eigenvalue weighted by molar-refractivity contribution is -0.120. The highest BCUT2D eigenvalue weighted by Gasteiger charge is 2.21. The van der Waals surface area contributed by atoms with E-state index in [-0.39, 0.29) is 12.2 Å². The van der Waals surface area contributed by atoms with Crippen LogP contribution in [-0.2, 0) is 22.5 Å². The highest BCUT2D eigenvalue weighted by molar-refractivity contribution is 5.94. The second kappa shape index (κ2) is 7.98. The molecule has 1 aromatic rings. The van der Waals surface area contributed by atoms with Gasteiger partial charge in [0.1, 0.15) is 6.54 Å². The summed E-state index contributed by atoms with van der Waals surface area (Å²) in [6.45, 7) is 3.88. The first kappa shape index (κ1) is 16.6. The van der Waals surface area contributed by atoms with Crippen LogP contribution in [0.3, 0.4) is 0 Å². The lowest BCUT2D eigenvalue weighted by Gasteiger charge is -2.07. The number of aromatic nitrogens is 3. The molecule has 0 spiro atoms. The summed E-state index contributed by atoms with van der Waals surface area (Å²) in [5.74, 6) is -1.14. The maximum absolute atomic E-state index is 11.7. The molecule has 1 aromatic heterocycles. The molecule has 9 nitrogen and oxygen atoms in total. The molecule has 0 saturated heterocycles. The Balaban J connectivity index is 2.83. The number of nitrogens with one attached hydrogen (secondary N) is 2. The fraction of sp³-hybridized carbons (Fsp3) is 0.583. The van der Waals surface area contributed by atoms with E-state index in [1.807, 2.05) is 6.92 Å². The fourth-order valence-electron chi connectivity index (χ4n) is 1.71. The van der Waals surface area contributed by atoms with Crippen LogP contribution in [0.25, 0.3) is 0 Å². The van der Waals surface area contributed by atoms with Gasteiger partial charge in [0.2, 0.25) is 5.91 Å². The molecule has 1 heterocycles. The molecule has 9 heteroatoms. The highest BCUT2D eigenvalue weighted by Crippen LogP contribution is 2.09. The number of hydrogen-bond acceptors (Lipinski definition) is 6. The molecule has 21 heavy (non-hydrogen) atoms. The second-order valence-corrected chi connectivity index (χ2v) is 4.19. The number of rotatable bonds is 6. The number of hydrogen-bond donors (Lipinski definition) is 2. The molecule has 0 radical (unpaired) electrons. The third-order valence-corrected chi connectivity index (χ3v) is 2.59. The van der Waals surface area contributed by atoms with E-state index in [4.69, 9.17) is 0 Å². The Kier molecular flexibility index (Phi) is 6.31. The molecule has 0 unspecified atom stereocenters. The van der Waals surface area contributed by atoms with Gasteiger partial charge < -0.3 is 10.1 Å². The largest absolute Gasteiger partial charge is 0.464 e. The zero-order valence-electron chi connectivity index (χ0n) is 12.3. The van der Waals surface area contributed by atoms with Crippen molar-refractivity contribution >= 4 is 17.9 Å². The Labute approximate surface area is 122 Å². The minimum absolute atomic E-state index is 0.0881. The van der Waals surface area contributed by atoms with E-state index >= 15 is 0 Å². The SMILES string of the molecule is CCCc1c(C(=O)OC)nnn1CC(=O)NC(=O)NCC. The predicted octanol–water partition coefficient (Wildman–Crippen LogP) is -0.137. The molecule has 1 rings (SSSR count). The van der Waals surface area contributed by atoms with E-state index in [1.54, 1.807) is 6.92 Å². The van der Waals surface area contributed by atoms with Gasteiger partial charge in [-0.25, -0.2) is 14.3 Å². The van der Waals surface area contributed by atoms with Crippen molar-refractivity contribution in [3.05, 3.63) is 11.4 Å². The van der Waals surface area contributed by atoms with Crippen molar-refractivity contribution < 1.29 is 19.1 Å². The van der Waals surface area contributed by atoms with Crippen molar-refractivity contribution in [2.75, 3.05) is 13.7 Å². The summed E-state index contributed by atoms with van der Waals surface area (Å²) in [5, 5.41) is 12.1. The summed E-state index contributed by atoms with van der Waals surface area (Å²) in [4.78, 5) is 34.5. The zero-order valence-corrected chi connectivity index (χ0v) is 12.3. The smallest absolute Gasteiger partial charge is 0.360 e. The molecule has 0 fully saturated rings. The average molecular weight is 297 g/mol. The van der Waals surface area contributed by atoms with Crippen molar-refractivity contribution in [1.82, 2.24) is 25.6 Å². The maximum atomic E-state index is 11.7. The number of methoxy groups -OCH3 is 1. The van der Waals surface area contributed by atoms with Crippen molar-refractivity contribution in [2.24, 2.45) is 0 Å². The first-order valence-electron chi connectivity index (χ1n) is 6.61. The summed E-state index contributed by atoms with van der Waals surface area (Å²) >= 11 is 0. The Morgan fingerprint density at radius 1 is 1.29 bits per heavy atom. The van der Waals surface area contributed by atoms with Crippen molar-refractivity contribution in [3.63, 3.8) is 0 Å². The minimum atomic E-state index is -0.603. The van der Waals surface area contributed by atoms with Gasteiger partial charge in [0.05, 0.1) is 12.8 Å². The van der Waals surface area contributed by atoms with E-state index in [0.29, 0.717) is 18.7 Å². The molecule has 0 aromatic carbocycles. The quantitative estimate of drug-likeness (QED) is 0.706. The highest BCUT2D eigenvalue weighted by atomic mass is 16.5. The maximum Gasteiger partial charge on any atom is 0.360 e. The Bertz CT molecular complexity index is 526. The van der Waals surface area contributed by atoms with E-state index in [1.165, 1.54) is 11.8 Å². The van der Waals surface area contributed by atoms with Gasteiger partial charge in [-0.1, -0.05) is 18.6 Å². The van der Waals surface area contributed by atoms with Gasteiger partial charge in [-0.15, -0.1) is 5.10 Å². The number of carbonyl (C=O) groups is 3. The van der Waals surface area contributed by atoms with Gasteiger partial charge in [-0.3, -0.25) is 10.1 Å². The summed E-state index contributed by atoms with van der Waals surface area (Å²) < 4.78 is 5.91. The summed E-state index contributed by atoms with van der Waals surface area (Å²) in [7, 11) is 1.25. The fourth-order valence-corrected chi connectivity index (χ4v) is 1.71. The predicted molar refractivity (Wildman–Crippen MR) is 72.6 cm³/mol. The summed E-state index contributed by atoms with van der Waals surface area (Å²) in [6, 6.07) is -0.576. The Hall–Kier alpha value is -2.45. The van der Waals surface area contributed by atoms with Crippen LogP contribution >= 0.6 is 0 Å². The van der Waals surface area contributed by atoms with Crippen LogP contribution in [-0.4, -0.2) is 46.6 Å². The number of carbonyl (C=O) groups excluding carboxylic acids is 3. The van der Waals surface area contributed by atoms with E-state index in [9.17, 15) is 14.4 Å². The molecular formula is C12H19N5O4. The van der Waals surface area contributed by atoms with E-state index in [2.05, 4.69) is 25.7 Å². The molecule has 0 atom stereocenters. The number of esters is 1. The van der Waals surface area contributed by atoms with Crippen LogP contribution < -0.4 is 10.6 Å². The monoisotopic (exact) mass is 297 g/mol. The van der Waals surface area contributed by atoms with Crippen molar-refractivity contribution in [1.29, 1.82) is 0 Å². The number of amides is 3. The molecule has 0 aliphatic rings. The van der Waals surface area contributed by atoms with E-state index < -0.39 is 17.9 Å². The van der Waals surface area contributed by atoms with Gasteiger partial charge in [-0.05, 0) is 13.3 Å². The lowest BCUT2D eigenvalue weighted by atomic mass is 10.2. The summed E-state index contributed by atoms with van der Waals surface area (Å²) in [5.41, 5.74) is 0.598. The van der Waals surface area contributed by atoms with Crippen LogP contribution in [0, 0.1) is 0 Å². The molecule has 2 N–H and O–H groups in total. The number of urea groups is 1. The molecule has 116 valence electrons.